The monoisotopic (exact) mass is 297 g/mol. The van der Waals surface area contributed by atoms with Gasteiger partial charge in [-0.15, -0.1) is 22.7 Å². The molecule has 2 heterocycles. The van der Waals surface area contributed by atoms with Crippen LogP contribution in [0.2, 0.25) is 0 Å². The number of nitrogens with zero attached hydrogens (tertiary/aromatic N) is 2. The lowest BCUT2D eigenvalue weighted by Crippen LogP contribution is -2.11. The van der Waals surface area contributed by atoms with Gasteiger partial charge in [-0.3, -0.25) is 14.9 Å². The van der Waals surface area contributed by atoms with Gasteiger partial charge in [0, 0.05) is 5.38 Å². The van der Waals surface area contributed by atoms with E-state index in [1.807, 2.05) is 6.92 Å². The van der Waals surface area contributed by atoms with Gasteiger partial charge in [-0.25, -0.2) is 9.97 Å². The lowest BCUT2D eigenvalue weighted by molar-refractivity contribution is -0.136. The van der Waals surface area contributed by atoms with Gasteiger partial charge in [0.1, 0.15) is 4.88 Å². The molecular formula is C11H11N3O3S2. The van der Waals surface area contributed by atoms with Crippen molar-refractivity contribution in [1.29, 1.82) is 0 Å². The van der Waals surface area contributed by atoms with Crippen LogP contribution in [0.3, 0.4) is 0 Å². The molecule has 0 bridgehead atoms. The molecule has 0 unspecified atom stereocenters. The molecule has 100 valence electrons. The van der Waals surface area contributed by atoms with Crippen LogP contribution in [0.5, 0.6) is 0 Å². The molecule has 2 rings (SSSR count). The molecule has 0 spiro atoms. The molecular weight excluding hydrogens is 286 g/mol. The summed E-state index contributed by atoms with van der Waals surface area (Å²) in [4.78, 5) is 31.3. The molecule has 0 saturated carbocycles. The van der Waals surface area contributed by atoms with Gasteiger partial charge in [0.25, 0.3) is 5.91 Å². The smallest absolute Gasteiger partial charge is 0.309 e. The van der Waals surface area contributed by atoms with Crippen LogP contribution >= 0.6 is 22.7 Å². The summed E-state index contributed by atoms with van der Waals surface area (Å²) in [5, 5.41) is 14.1. The van der Waals surface area contributed by atoms with E-state index >= 15 is 0 Å². The van der Waals surface area contributed by atoms with Crippen molar-refractivity contribution in [3.8, 4) is 0 Å². The number of rotatable bonds is 4. The highest BCUT2D eigenvalue weighted by Gasteiger charge is 2.15. The highest BCUT2D eigenvalue weighted by atomic mass is 32.1. The van der Waals surface area contributed by atoms with Crippen LogP contribution in [0.1, 0.15) is 26.1 Å². The molecule has 0 aromatic carbocycles. The Kier molecular flexibility index (Phi) is 3.91. The molecule has 6 nitrogen and oxygen atoms in total. The first kappa shape index (κ1) is 13.6. The molecule has 0 radical (unpaired) electrons. The average molecular weight is 297 g/mol. The van der Waals surface area contributed by atoms with Crippen molar-refractivity contribution in [2.24, 2.45) is 0 Å². The van der Waals surface area contributed by atoms with Crippen molar-refractivity contribution >= 4 is 39.7 Å². The standard InChI is InChI=1S/C11H11N3O3S2/c1-5-9(19-6(2)12-5)10(17)14-11-13-7(4-18-11)3-8(15)16/h4H,3H2,1-2H3,(H,15,16)(H,13,14,17). The van der Waals surface area contributed by atoms with E-state index in [-0.39, 0.29) is 12.3 Å². The van der Waals surface area contributed by atoms with Crippen LogP contribution in [0.4, 0.5) is 5.13 Å². The molecule has 19 heavy (non-hydrogen) atoms. The fourth-order valence-electron chi connectivity index (χ4n) is 1.50. The summed E-state index contributed by atoms with van der Waals surface area (Å²) in [6.07, 6.45) is -0.148. The minimum Gasteiger partial charge on any atom is -0.481 e. The predicted octanol–water partition coefficient (Wildman–Crippen LogP) is 2.10. The first-order valence-electron chi connectivity index (χ1n) is 5.37. The van der Waals surface area contributed by atoms with Gasteiger partial charge in [-0.2, -0.15) is 0 Å². The molecule has 2 aromatic rings. The number of carboxylic acids is 1. The van der Waals surface area contributed by atoms with Crippen LogP contribution < -0.4 is 5.32 Å². The molecule has 8 heteroatoms. The molecule has 2 aromatic heterocycles. The highest BCUT2D eigenvalue weighted by Crippen LogP contribution is 2.21. The quantitative estimate of drug-likeness (QED) is 0.901. The van der Waals surface area contributed by atoms with Gasteiger partial charge in [0.05, 0.1) is 22.8 Å². The number of aromatic nitrogens is 2. The predicted molar refractivity (Wildman–Crippen MR) is 73.0 cm³/mol. The molecule has 0 aliphatic carbocycles. The summed E-state index contributed by atoms with van der Waals surface area (Å²) in [5.41, 5.74) is 1.12. The zero-order valence-electron chi connectivity index (χ0n) is 10.3. The summed E-state index contributed by atoms with van der Waals surface area (Å²) in [7, 11) is 0. The van der Waals surface area contributed by atoms with E-state index in [1.165, 1.54) is 22.7 Å². The Morgan fingerprint density at radius 3 is 2.68 bits per heavy atom. The average Bonchev–Trinajstić information content (AvgIpc) is 2.84. The van der Waals surface area contributed by atoms with E-state index < -0.39 is 5.97 Å². The first-order valence-corrected chi connectivity index (χ1v) is 7.07. The van der Waals surface area contributed by atoms with E-state index in [2.05, 4.69) is 15.3 Å². The third-order valence-electron chi connectivity index (χ3n) is 2.21. The molecule has 2 N–H and O–H groups in total. The van der Waals surface area contributed by atoms with Gasteiger partial charge in [0.2, 0.25) is 0 Å². The number of anilines is 1. The normalized spacial score (nSPS) is 10.4. The maximum absolute atomic E-state index is 12.0. The summed E-state index contributed by atoms with van der Waals surface area (Å²) in [5.74, 6) is -1.21. The number of thiazole rings is 2. The third-order valence-corrected chi connectivity index (χ3v) is 4.09. The van der Waals surface area contributed by atoms with Gasteiger partial charge in [0.15, 0.2) is 5.13 Å². The Bertz CT molecular complexity index is 633. The summed E-state index contributed by atoms with van der Waals surface area (Å²) < 4.78 is 0. The van der Waals surface area contributed by atoms with Crippen LogP contribution in [0.25, 0.3) is 0 Å². The number of carbonyl (C=O) groups is 2. The van der Waals surface area contributed by atoms with Gasteiger partial charge in [-0.1, -0.05) is 0 Å². The second-order valence-electron chi connectivity index (χ2n) is 3.82. The van der Waals surface area contributed by atoms with E-state index in [0.29, 0.717) is 21.4 Å². The van der Waals surface area contributed by atoms with Crippen LogP contribution in [0, 0.1) is 13.8 Å². The Morgan fingerprint density at radius 1 is 1.37 bits per heavy atom. The van der Waals surface area contributed by atoms with Gasteiger partial charge < -0.3 is 5.11 Å². The van der Waals surface area contributed by atoms with Crippen molar-refractivity contribution in [2.45, 2.75) is 20.3 Å². The third kappa shape index (κ3) is 3.36. The topological polar surface area (TPSA) is 92.2 Å². The Hall–Kier alpha value is -1.80. The number of carbonyl (C=O) groups excluding carboxylic acids is 1. The Balaban J connectivity index is 2.09. The van der Waals surface area contributed by atoms with Crippen LogP contribution in [-0.2, 0) is 11.2 Å². The zero-order chi connectivity index (χ0) is 14.0. The van der Waals surface area contributed by atoms with E-state index in [9.17, 15) is 9.59 Å². The number of hydrogen-bond acceptors (Lipinski definition) is 6. The van der Waals surface area contributed by atoms with Crippen molar-refractivity contribution in [3.05, 3.63) is 26.7 Å². The zero-order valence-corrected chi connectivity index (χ0v) is 11.9. The molecule has 1 amide bonds. The maximum atomic E-state index is 12.0. The van der Waals surface area contributed by atoms with Crippen molar-refractivity contribution in [1.82, 2.24) is 9.97 Å². The second-order valence-corrected chi connectivity index (χ2v) is 5.88. The highest BCUT2D eigenvalue weighted by molar-refractivity contribution is 7.15. The number of carboxylic acid groups (broad SMARTS) is 1. The summed E-state index contributed by atoms with van der Waals surface area (Å²) in [6.45, 7) is 3.61. The molecule has 0 aliphatic rings. The molecule has 0 aliphatic heterocycles. The Morgan fingerprint density at radius 2 is 2.11 bits per heavy atom. The molecule has 0 fully saturated rings. The molecule has 0 saturated heterocycles. The van der Waals surface area contributed by atoms with Crippen molar-refractivity contribution in [2.75, 3.05) is 5.32 Å². The van der Waals surface area contributed by atoms with Gasteiger partial charge in [-0.05, 0) is 13.8 Å². The summed E-state index contributed by atoms with van der Waals surface area (Å²) >= 11 is 2.52. The van der Waals surface area contributed by atoms with Crippen LogP contribution in [0.15, 0.2) is 5.38 Å². The van der Waals surface area contributed by atoms with E-state index in [1.54, 1.807) is 12.3 Å². The van der Waals surface area contributed by atoms with E-state index in [0.717, 1.165) is 5.01 Å². The fourth-order valence-corrected chi connectivity index (χ4v) is 3.02. The Labute approximate surface area is 117 Å². The number of hydrogen-bond donors (Lipinski definition) is 2. The number of amides is 1. The second kappa shape index (κ2) is 5.45. The number of aliphatic carboxylic acids is 1. The van der Waals surface area contributed by atoms with Crippen molar-refractivity contribution in [3.63, 3.8) is 0 Å². The number of nitrogens with one attached hydrogen (secondary N) is 1. The first-order chi connectivity index (χ1) is 8.95. The minimum atomic E-state index is -0.947. The fraction of sp³-hybridized carbons (Fsp3) is 0.273. The lowest BCUT2D eigenvalue weighted by Gasteiger charge is -1.98. The lowest BCUT2D eigenvalue weighted by atomic mass is 10.3. The SMILES string of the molecule is Cc1nc(C)c(C(=O)Nc2nc(CC(=O)O)cs2)s1. The largest absolute Gasteiger partial charge is 0.481 e. The summed E-state index contributed by atoms with van der Waals surface area (Å²) in [6, 6.07) is 0. The number of aryl methyl sites for hydroxylation is 2. The van der Waals surface area contributed by atoms with Gasteiger partial charge >= 0.3 is 5.97 Å². The minimum absolute atomic E-state index is 0.148. The van der Waals surface area contributed by atoms with Crippen LogP contribution in [-0.4, -0.2) is 27.0 Å². The van der Waals surface area contributed by atoms with E-state index in [4.69, 9.17) is 5.11 Å². The molecule has 0 atom stereocenters. The maximum Gasteiger partial charge on any atom is 0.309 e. The van der Waals surface area contributed by atoms with Crippen molar-refractivity contribution < 1.29 is 14.7 Å².